The van der Waals surface area contributed by atoms with Gasteiger partial charge in [-0.25, -0.2) is 4.79 Å². The molecule has 0 aliphatic carbocycles. The third-order valence-corrected chi connectivity index (χ3v) is 2.73. The number of amides is 1. The fraction of sp³-hybridized carbons (Fsp3) is 0.333. The van der Waals surface area contributed by atoms with E-state index in [1.165, 1.54) is 7.11 Å². The van der Waals surface area contributed by atoms with Crippen LogP contribution in [0.3, 0.4) is 0 Å². The highest BCUT2D eigenvalue weighted by molar-refractivity contribution is 5.89. The van der Waals surface area contributed by atoms with Gasteiger partial charge in [0, 0.05) is 6.42 Å². The molecule has 1 atom stereocenters. The molecule has 0 unspecified atom stereocenters. The maximum atomic E-state index is 11.2. The first-order valence-corrected chi connectivity index (χ1v) is 5.18. The summed E-state index contributed by atoms with van der Waals surface area (Å²) in [4.78, 5) is 22.3. The van der Waals surface area contributed by atoms with Crippen molar-refractivity contribution >= 4 is 11.9 Å². The van der Waals surface area contributed by atoms with Gasteiger partial charge in [0.1, 0.15) is 0 Å². The number of esters is 1. The van der Waals surface area contributed by atoms with E-state index in [-0.39, 0.29) is 17.9 Å². The first-order valence-electron chi connectivity index (χ1n) is 5.18. The van der Waals surface area contributed by atoms with E-state index < -0.39 is 0 Å². The van der Waals surface area contributed by atoms with Crippen LogP contribution in [0.15, 0.2) is 24.3 Å². The van der Waals surface area contributed by atoms with Crippen molar-refractivity contribution in [2.24, 2.45) is 0 Å². The molecule has 4 nitrogen and oxygen atoms in total. The molecule has 2 rings (SSSR count). The zero-order chi connectivity index (χ0) is 11.5. The van der Waals surface area contributed by atoms with Gasteiger partial charge < -0.3 is 10.1 Å². The fourth-order valence-corrected chi connectivity index (χ4v) is 1.83. The number of benzene rings is 1. The lowest BCUT2D eigenvalue weighted by molar-refractivity contribution is -0.119. The summed E-state index contributed by atoms with van der Waals surface area (Å²) in [6, 6.07) is 7.21. The van der Waals surface area contributed by atoms with Crippen LogP contribution in [0.4, 0.5) is 0 Å². The molecule has 4 heteroatoms. The third-order valence-electron chi connectivity index (χ3n) is 2.73. The third kappa shape index (κ3) is 2.05. The number of carbonyl (C=O) groups is 2. The van der Waals surface area contributed by atoms with Crippen LogP contribution in [0, 0.1) is 0 Å². The van der Waals surface area contributed by atoms with Gasteiger partial charge in [0.15, 0.2) is 0 Å². The van der Waals surface area contributed by atoms with E-state index in [1.54, 1.807) is 12.1 Å². The maximum Gasteiger partial charge on any atom is 0.337 e. The van der Waals surface area contributed by atoms with Crippen LogP contribution in [-0.2, 0) is 9.53 Å². The van der Waals surface area contributed by atoms with Crippen molar-refractivity contribution in [3.8, 4) is 0 Å². The smallest absolute Gasteiger partial charge is 0.337 e. The van der Waals surface area contributed by atoms with Crippen LogP contribution in [0.1, 0.15) is 34.8 Å². The van der Waals surface area contributed by atoms with Gasteiger partial charge in [0.2, 0.25) is 5.91 Å². The molecule has 84 valence electrons. The number of carbonyl (C=O) groups excluding carboxylic acids is 2. The number of nitrogens with one attached hydrogen (secondary N) is 1. The summed E-state index contributed by atoms with van der Waals surface area (Å²) in [5.41, 5.74) is 1.55. The van der Waals surface area contributed by atoms with Crippen LogP contribution < -0.4 is 5.32 Å². The van der Waals surface area contributed by atoms with Gasteiger partial charge in [-0.2, -0.15) is 0 Å². The van der Waals surface area contributed by atoms with Crippen LogP contribution in [0.25, 0.3) is 0 Å². The minimum absolute atomic E-state index is 0.0826. The van der Waals surface area contributed by atoms with Crippen molar-refractivity contribution in [2.75, 3.05) is 7.11 Å². The molecule has 1 aromatic carbocycles. The number of ether oxygens (including phenoxy) is 1. The molecule has 0 aromatic heterocycles. The Morgan fingerprint density at radius 3 is 2.56 bits per heavy atom. The van der Waals surface area contributed by atoms with E-state index >= 15 is 0 Å². The highest BCUT2D eigenvalue weighted by Crippen LogP contribution is 2.23. The molecule has 1 fully saturated rings. The second-order valence-electron chi connectivity index (χ2n) is 3.77. The zero-order valence-corrected chi connectivity index (χ0v) is 9.03. The summed E-state index contributed by atoms with van der Waals surface area (Å²) in [6.45, 7) is 0. The predicted octanol–water partition coefficient (Wildman–Crippen LogP) is 1.42. The molecule has 16 heavy (non-hydrogen) atoms. The number of rotatable bonds is 2. The SMILES string of the molecule is COC(=O)c1ccc([C@H]2CCC(=O)N2)cc1. The molecule has 0 bridgehead atoms. The van der Waals surface area contributed by atoms with Gasteiger partial charge in [-0.1, -0.05) is 12.1 Å². The zero-order valence-electron chi connectivity index (χ0n) is 9.03. The molecular formula is C12H13NO3. The Labute approximate surface area is 93.6 Å². The fourth-order valence-electron chi connectivity index (χ4n) is 1.83. The van der Waals surface area contributed by atoms with Crippen LogP contribution in [-0.4, -0.2) is 19.0 Å². The molecule has 1 N–H and O–H groups in total. The predicted molar refractivity (Wildman–Crippen MR) is 57.9 cm³/mol. The van der Waals surface area contributed by atoms with E-state index in [2.05, 4.69) is 10.1 Å². The second kappa shape index (κ2) is 4.35. The van der Waals surface area contributed by atoms with Crippen molar-refractivity contribution in [2.45, 2.75) is 18.9 Å². The van der Waals surface area contributed by atoms with Gasteiger partial charge >= 0.3 is 5.97 Å². The van der Waals surface area contributed by atoms with Crippen molar-refractivity contribution in [1.29, 1.82) is 0 Å². The Morgan fingerprint density at radius 1 is 1.38 bits per heavy atom. The number of hydrogen-bond donors (Lipinski definition) is 1. The highest BCUT2D eigenvalue weighted by Gasteiger charge is 2.22. The molecule has 0 saturated carbocycles. The summed E-state index contributed by atoms with van der Waals surface area (Å²) in [7, 11) is 1.35. The molecule has 1 aromatic rings. The Kier molecular flexibility index (Phi) is 2.90. The molecule has 1 saturated heterocycles. The monoisotopic (exact) mass is 219 g/mol. The molecular weight excluding hydrogens is 206 g/mol. The quantitative estimate of drug-likeness (QED) is 0.765. The summed E-state index contributed by atoms with van der Waals surface area (Å²) in [6.07, 6.45) is 1.39. The lowest BCUT2D eigenvalue weighted by Gasteiger charge is -2.10. The molecule has 0 radical (unpaired) electrons. The van der Waals surface area contributed by atoms with Crippen molar-refractivity contribution in [3.05, 3.63) is 35.4 Å². The lowest BCUT2D eigenvalue weighted by atomic mass is 10.0. The molecule has 1 aliphatic heterocycles. The standard InChI is InChI=1S/C12H13NO3/c1-16-12(15)9-4-2-8(3-5-9)10-6-7-11(14)13-10/h2-5,10H,6-7H2,1H3,(H,13,14)/t10-/m1/s1. The van der Waals surface area contributed by atoms with Gasteiger partial charge in [-0.3, -0.25) is 4.79 Å². The molecule has 0 spiro atoms. The summed E-state index contributed by atoms with van der Waals surface area (Å²) < 4.78 is 4.61. The average Bonchev–Trinajstić information content (AvgIpc) is 2.75. The van der Waals surface area contributed by atoms with E-state index in [1.807, 2.05) is 12.1 Å². The van der Waals surface area contributed by atoms with Gasteiger partial charge in [0.05, 0.1) is 18.7 Å². The largest absolute Gasteiger partial charge is 0.465 e. The van der Waals surface area contributed by atoms with Crippen molar-refractivity contribution in [1.82, 2.24) is 5.32 Å². The number of methoxy groups -OCH3 is 1. The van der Waals surface area contributed by atoms with E-state index in [9.17, 15) is 9.59 Å². The van der Waals surface area contributed by atoms with Gasteiger partial charge in [-0.15, -0.1) is 0 Å². The normalized spacial score (nSPS) is 19.3. The first kappa shape index (κ1) is 10.7. The van der Waals surface area contributed by atoms with Gasteiger partial charge in [-0.05, 0) is 24.1 Å². The van der Waals surface area contributed by atoms with E-state index in [4.69, 9.17) is 0 Å². The summed E-state index contributed by atoms with van der Waals surface area (Å²) >= 11 is 0. The Morgan fingerprint density at radius 2 is 2.06 bits per heavy atom. The topological polar surface area (TPSA) is 55.4 Å². The van der Waals surface area contributed by atoms with Gasteiger partial charge in [0.25, 0.3) is 0 Å². The van der Waals surface area contributed by atoms with Crippen LogP contribution in [0.2, 0.25) is 0 Å². The maximum absolute atomic E-state index is 11.2. The van der Waals surface area contributed by atoms with Crippen molar-refractivity contribution < 1.29 is 14.3 Å². The van der Waals surface area contributed by atoms with Crippen LogP contribution in [0.5, 0.6) is 0 Å². The van der Waals surface area contributed by atoms with Crippen molar-refractivity contribution in [3.63, 3.8) is 0 Å². The molecule has 1 aliphatic rings. The minimum atomic E-state index is -0.345. The Bertz CT molecular complexity index is 411. The molecule has 1 amide bonds. The molecule has 1 heterocycles. The summed E-state index contributed by atoms with van der Waals surface area (Å²) in [5.74, 6) is -0.260. The summed E-state index contributed by atoms with van der Waals surface area (Å²) in [5, 5.41) is 2.88. The lowest BCUT2D eigenvalue weighted by Crippen LogP contribution is -2.18. The van der Waals surface area contributed by atoms with E-state index in [0.717, 1.165) is 12.0 Å². The minimum Gasteiger partial charge on any atom is -0.465 e. The van der Waals surface area contributed by atoms with E-state index in [0.29, 0.717) is 12.0 Å². The van der Waals surface area contributed by atoms with Crippen LogP contribution >= 0.6 is 0 Å². The highest BCUT2D eigenvalue weighted by atomic mass is 16.5. The first-order chi connectivity index (χ1) is 7.70. The number of hydrogen-bond acceptors (Lipinski definition) is 3. The Balaban J connectivity index is 2.13. The Hall–Kier alpha value is -1.84. The second-order valence-corrected chi connectivity index (χ2v) is 3.77. The average molecular weight is 219 g/mol.